The van der Waals surface area contributed by atoms with E-state index < -0.39 is 0 Å². The van der Waals surface area contributed by atoms with E-state index in [2.05, 4.69) is 6.58 Å². The van der Waals surface area contributed by atoms with Crippen molar-refractivity contribution in [1.29, 1.82) is 0 Å². The van der Waals surface area contributed by atoms with Crippen LogP contribution in [0.3, 0.4) is 0 Å². The summed E-state index contributed by atoms with van der Waals surface area (Å²) >= 11 is 0. The minimum atomic E-state index is -0.181. The van der Waals surface area contributed by atoms with Crippen molar-refractivity contribution in [3.8, 4) is 0 Å². The van der Waals surface area contributed by atoms with Crippen LogP contribution < -0.4 is 0 Å². The molecule has 0 rings (SSSR count). The van der Waals surface area contributed by atoms with E-state index in [4.69, 9.17) is 4.74 Å². The van der Waals surface area contributed by atoms with Crippen molar-refractivity contribution in [3.63, 3.8) is 0 Å². The fraction of sp³-hybridized carbons (Fsp3) is 0.286. The molecule has 0 aromatic carbocycles. The minimum absolute atomic E-state index is 0.181. The summed E-state index contributed by atoms with van der Waals surface area (Å²) in [5, 5.41) is 0. The van der Waals surface area contributed by atoms with E-state index in [0.29, 0.717) is 5.76 Å². The first-order chi connectivity index (χ1) is 4.26. The number of carbonyl (C=O) groups is 1. The van der Waals surface area contributed by atoms with E-state index in [-0.39, 0.29) is 5.78 Å². The van der Waals surface area contributed by atoms with E-state index in [1.807, 2.05) is 0 Å². The molecule has 0 radical (unpaired) electrons. The van der Waals surface area contributed by atoms with Crippen LogP contribution in [-0.4, -0.2) is 12.9 Å². The highest BCUT2D eigenvalue weighted by atomic mass is 16.5. The molecule has 50 valence electrons. The standard InChI is InChI=1S/C7H10O2/c1-4-6(8)7(5-2)9-3/h4-5H,1H2,2-3H3. The normalized spacial score (nSPS) is 10.7. The van der Waals surface area contributed by atoms with Gasteiger partial charge in [0.2, 0.25) is 5.78 Å². The lowest BCUT2D eigenvalue weighted by Gasteiger charge is -1.97. The second-order valence-corrected chi connectivity index (χ2v) is 1.43. The Hall–Kier alpha value is -1.05. The Labute approximate surface area is 54.8 Å². The van der Waals surface area contributed by atoms with E-state index in [1.165, 1.54) is 13.2 Å². The topological polar surface area (TPSA) is 26.3 Å². The molecule has 0 atom stereocenters. The highest BCUT2D eigenvalue weighted by Gasteiger charge is 2.00. The van der Waals surface area contributed by atoms with Crippen LogP contribution in [0, 0.1) is 0 Å². The lowest BCUT2D eigenvalue weighted by atomic mass is 10.3. The molecular formula is C7H10O2. The third-order valence-electron chi connectivity index (χ3n) is 0.910. The number of methoxy groups -OCH3 is 1. The van der Waals surface area contributed by atoms with Crippen LogP contribution in [0.15, 0.2) is 24.5 Å². The van der Waals surface area contributed by atoms with Crippen LogP contribution in [0.25, 0.3) is 0 Å². The fourth-order valence-corrected chi connectivity index (χ4v) is 0.461. The SMILES string of the molecule is C=CC(=O)C(=CC)OC. The van der Waals surface area contributed by atoms with Crippen molar-refractivity contribution < 1.29 is 9.53 Å². The van der Waals surface area contributed by atoms with Crippen molar-refractivity contribution in [2.75, 3.05) is 7.11 Å². The number of hydrogen-bond donors (Lipinski definition) is 0. The average Bonchev–Trinajstić information content (AvgIpc) is 1.90. The van der Waals surface area contributed by atoms with Crippen molar-refractivity contribution >= 4 is 5.78 Å². The highest BCUT2D eigenvalue weighted by Crippen LogP contribution is 1.96. The van der Waals surface area contributed by atoms with Crippen molar-refractivity contribution in [1.82, 2.24) is 0 Å². The maximum atomic E-state index is 10.7. The summed E-state index contributed by atoms with van der Waals surface area (Å²) in [6.07, 6.45) is 2.82. The van der Waals surface area contributed by atoms with Gasteiger partial charge in [0.1, 0.15) is 0 Å². The number of ketones is 1. The van der Waals surface area contributed by atoms with E-state index in [9.17, 15) is 4.79 Å². The fourth-order valence-electron chi connectivity index (χ4n) is 0.461. The van der Waals surface area contributed by atoms with Gasteiger partial charge in [-0.15, -0.1) is 0 Å². The number of allylic oxidation sites excluding steroid dienone is 2. The van der Waals surface area contributed by atoms with E-state index >= 15 is 0 Å². The molecule has 2 heteroatoms. The zero-order valence-corrected chi connectivity index (χ0v) is 5.68. The molecule has 0 bridgehead atoms. The quantitative estimate of drug-likeness (QED) is 0.420. The summed E-state index contributed by atoms with van der Waals surface area (Å²) < 4.78 is 4.69. The predicted octanol–water partition coefficient (Wildman–Crippen LogP) is 1.29. The molecule has 0 amide bonds. The zero-order chi connectivity index (χ0) is 7.28. The van der Waals surface area contributed by atoms with Gasteiger partial charge in [-0.2, -0.15) is 0 Å². The van der Waals surface area contributed by atoms with Gasteiger partial charge in [0.05, 0.1) is 7.11 Å². The maximum absolute atomic E-state index is 10.7. The second-order valence-electron chi connectivity index (χ2n) is 1.43. The molecular weight excluding hydrogens is 116 g/mol. The van der Waals surface area contributed by atoms with Gasteiger partial charge in [-0.1, -0.05) is 6.58 Å². The van der Waals surface area contributed by atoms with Gasteiger partial charge in [-0.05, 0) is 19.1 Å². The summed E-state index contributed by atoms with van der Waals surface area (Å²) in [6.45, 7) is 5.04. The number of hydrogen-bond acceptors (Lipinski definition) is 2. The first kappa shape index (κ1) is 7.95. The molecule has 0 fully saturated rings. The summed E-state index contributed by atoms with van der Waals surface area (Å²) in [4.78, 5) is 10.7. The highest BCUT2D eigenvalue weighted by molar-refractivity contribution is 6.01. The van der Waals surface area contributed by atoms with Crippen LogP contribution in [0.5, 0.6) is 0 Å². The zero-order valence-electron chi connectivity index (χ0n) is 5.68. The van der Waals surface area contributed by atoms with Crippen LogP contribution in [0.2, 0.25) is 0 Å². The van der Waals surface area contributed by atoms with Gasteiger partial charge < -0.3 is 4.74 Å². The van der Waals surface area contributed by atoms with Gasteiger partial charge in [0.25, 0.3) is 0 Å². The largest absolute Gasteiger partial charge is 0.493 e. The minimum Gasteiger partial charge on any atom is -0.493 e. The van der Waals surface area contributed by atoms with Gasteiger partial charge in [-0.25, -0.2) is 0 Å². The molecule has 0 spiro atoms. The third kappa shape index (κ3) is 2.13. The van der Waals surface area contributed by atoms with E-state index in [1.54, 1.807) is 13.0 Å². The Kier molecular flexibility index (Phi) is 3.44. The molecule has 0 saturated carbocycles. The summed E-state index contributed by atoms with van der Waals surface area (Å²) in [5.74, 6) is 0.157. The Bertz CT molecular complexity index is 145. The molecule has 2 nitrogen and oxygen atoms in total. The third-order valence-corrected chi connectivity index (χ3v) is 0.910. The molecule has 0 aliphatic rings. The molecule has 0 aliphatic heterocycles. The Balaban J connectivity index is 4.13. The Morgan fingerprint density at radius 3 is 2.33 bits per heavy atom. The van der Waals surface area contributed by atoms with Gasteiger partial charge in [0.15, 0.2) is 5.76 Å². The van der Waals surface area contributed by atoms with Crippen LogP contribution in [-0.2, 0) is 9.53 Å². The van der Waals surface area contributed by atoms with Crippen molar-refractivity contribution in [3.05, 3.63) is 24.5 Å². The summed E-state index contributed by atoms with van der Waals surface area (Å²) in [6, 6.07) is 0. The van der Waals surface area contributed by atoms with Gasteiger partial charge in [0, 0.05) is 0 Å². The number of rotatable bonds is 3. The lowest BCUT2D eigenvalue weighted by molar-refractivity contribution is -0.114. The first-order valence-electron chi connectivity index (χ1n) is 2.63. The molecule has 0 aliphatic carbocycles. The lowest BCUT2D eigenvalue weighted by Crippen LogP contribution is -1.98. The van der Waals surface area contributed by atoms with Crippen LogP contribution in [0.1, 0.15) is 6.92 Å². The summed E-state index contributed by atoms with van der Waals surface area (Å²) in [5.41, 5.74) is 0. The molecule has 9 heavy (non-hydrogen) atoms. The van der Waals surface area contributed by atoms with E-state index in [0.717, 1.165) is 0 Å². The van der Waals surface area contributed by atoms with Crippen molar-refractivity contribution in [2.45, 2.75) is 6.92 Å². The average molecular weight is 126 g/mol. The van der Waals surface area contributed by atoms with Crippen molar-refractivity contribution in [2.24, 2.45) is 0 Å². The van der Waals surface area contributed by atoms with Crippen LogP contribution >= 0.6 is 0 Å². The number of carbonyl (C=O) groups excluding carboxylic acids is 1. The number of ether oxygens (including phenoxy) is 1. The first-order valence-corrected chi connectivity index (χ1v) is 2.63. The molecule has 0 heterocycles. The molecule has 0 unspecified atom stereocenters. The summed E-state index contributed by atoms with van der Waals surface area (Å²) in [7, 11) is 1.46. The van der Waals surface area contributed by atoms with Gasteiger partial charge in [-0.3, -0.25) is 4.79 Å². The molecule has 0 N–H and O–H groups in total. The Morgan fingerprint density at radius 2 is 2.22 bits per heavy atom. The molecule has 0 aromatic heterocycles. The Morgan fingerprint density at radius 1 is 1.67 bits per heavy atom. The predicted molar refractivity (Wildman–Crippen MR) is 36.0 cm³/mol. The van der Waals surface area contributed by atoms with Crippen LogP contribution in [0.4, 0.5) is 0 Å². The monoisotopic (exact) mass is 126 g/mol. The second kappa shape index (κ2) is 3.89. The molecule has 0 aromatic rings. The maximum Gasteiger partial charge on any atom is 0.219 e. The van der Waals surface area contributed by atoms with Gasteiger partial charge >= 0.3 is 0 Å². The smallest absolute Gasteiger partial charge is 0.219 e. The molecule has 0 saturated heterocycles.